The van der Waals surface area contributed by atoms with Crippen LogP contribution in [0, 0.1) is 6.92 Å². The molecule has 0 aromatic heterocycles. The van der Waals surface area contributed by atoms with Crippen LogP contribution in [-0.2, 0) is 10.0 Å². The average Bonchev–Trinajstić information content (AvgIpc) is 2.69. The lowest BCUT2D eigenvalue weighted by Gasteiger charge is -2.26. The Labute approximate surface area is 165 Å². The second-order valence-electron chi connectivity index (χ2n) is 7.03. The van der Waals surface area contributed by atoms with Crippen molar-refractivity contribution < 1.29 is 18.0 Å². The summed E-state index contributed by atoms with van der Waals surface area (Å²) in [6, 6.07) is 11.3. The summed E-state index contributed by atoms with van der Waals surface area (Å²) in [5, 5.41) is 2.75. The molecule has 1 fully saturated rings. The molecule has 0 atom stereocenters. The van der Waals surface area contributed by atoms with E-state index >= 15 is 0 Å². The van der Waals surface area contributed by atoms with Gasteiger partial charge in [0, 0.05) is 29.9 Å². The standard InChI is InChI=1S/C21H24N2O4S/c1-15-9-10-19(28(26,27)23-11-4-3-5-12-23)14-20(15)21(25)22-18-8-6-7-17(13-18)16(2)24/h6-10,13-14H,3-5,11-12H2,1-2H3,(H,22,25). The van der Waals surface area contributed by atoms with Gasteiger partial charge in [-0.25, -0.2) is 8.42 Å². The molecule has 1 N–H and O–H groups in total. The van der Waals surface area contributed by atoms with Crippen LogP contribution in [0.1, 0.15) is 52.5 Å². The van der Waals surface area contributed by atoms with Crippen molar-refractivity contribution in [2.45, 2.75) is 38.0 Å². The molecule has 0 unspecified atom stereocenters. The smallest absolute Gasteiger partial charge is 0.255 e. The number of Topliss-reactive ketones (excluding diaryl/α,β-unsaturated/α-hetero) is 1. The number of nitrogens with zero attached hydrogens (tertiary/aromatic N) is 1. The van der Waals surface area contributed by atoms with Gasteiger partial charge in [0.05, 0.1) is 4.90 Å². The highest BCUT2D eigenvalue weighted by Gasteiger charge is 2.27. The summed E-state index contributed by atoms with van der Waals surface area (Å²) in [4.78, 5) is 24.4. The summed E-state index contributed by atoms with van der Waals surface area (Å²) < 4.78 is 27.3. The molecule has 28 heavy (non-hydrogen) atoms. The number of nitrogens with one attached hydrogen (secondary N) is 1. The second kappa shape index (κ2) is 8.24. The number of ketones is 1. The van der Waals surface area contributed by atoms with Crippen LogP contribution in [0.4, 0.5) is 5.69 Å². The zero-order chi connectivity index (χ0) is 20.3. The van der Waals surface area contributed by atoms with E-state index in [9.17, 15) is 18.0 Å². The van der Waals surface area contributed by atoms with Gasteiger partial charge in [-0.3, -0.25) is 9.59 Å². The molecule has 1 aliphatic rings. The Kier molecular flexibility index (Phi) is 5.96. The zero-order valence-electron chi connectivity index (χ0n) is 16.1. The van der Waals surface area contributed by atoms with Gasteiger partial charge in [0.2, 0.25) is 10.0 Å². The summed E-state index contributed by atoms with van der Waals surface area (Å²) in [5.74, 6) is -0.504. The van der Waals surface area contributed by atoms with Crippen LogP contribution < -0.4 is 5.32 Å². The molecule has 0 spiro atoms. The van der Waals surface area contributed by atoms with Crippen LogP contribution in [-0.4, -0.2) is 37.5 Å². The number of anilines is 1. The summed E-state index contributed by atoms with van der Waals surface area (Å²) in [5.41, 5.74) is 1.96. The maximum absolute atomic E-state index is 12.9. The van der Waals surface area contributed by atoms with Crippen LogP contribution in [0.3, 0.4) is 0 Å². The van der Waals surface area contributed by atoms with E-state index in [1.165, 1.54) is 17.3 Å². The van der Waals surface area contributed by atoms with Crippen LogP contribution >= 0.6 is 0 Å². The third kappa shape index (κ3) is 4.31. The largest absolute Gasteiger partial charge is 0.322 e. The fourth-order valence-corrected chi connectivity index (χ4v) is 4.82. The third-order valence-corrected chi connectivity index (χ3v) is 6.83. The van der Waals surface area contributed by atoms with Gasteiger partial charge in [-0.15, -0.1) is 0 Å². The van der Waals surface area contributed by atoms with Gasteiger partial charge >= 0.3 is 0 Å². The Morgan fingerprint density at radius 1 is 1.00 bits per heavy atom. The van der Waals surface area contributed by atoms with Crippen molar-refractivity contribution in [2.75, 3.05) is 18.4 Å². The number of rotatable bonds is 5. The van der Waals surface area contributed by atoms with E-state index in [2.05, 4.69) is 5.32 Å². The van der Waals surface area contributed by atoms with Gasteiger partial charge in [-0.2, -0.15) is 4.31 Å². The normalized spacial score (nSPS) is 15.2. The van der Waals surface area contributed by atoms with Crippen LogP contribution in [0.15, 0.2) is 47.4 Å². The Hall–Kier alpha value is -2.51. The van der Waals surface area contributed by atoms with E-state index in [-0.39, 0.29) is 10.7 Å². The molecule has 6 nitrogen and oxygen atoms in total. The first-order valence-corrected chi connectivity index (χ1v) is 10.8. The van der Waals surface area contributed by atoms with Gasteiger partial charge < -0.3 is 5.32 Å². The molecule has 3 rings (SSSR count). The van der Waals surface area contributed by atoms with Gasteiger partial charge in [-0.05, 0) is 56.5 Å². The van der Waals surface area contributed by atoms with Gasteiger partial charge in [0.1, 0.15) is 0 Å². The highest BCUT2D eigenvalue weighted by molar-refractivity contribution is 7.89. The molecule has 2 aromatic rings. The Morgan fingerprint density at radius 3 is 2.39 bits per heavy atom. The Morgan fingerprint density at radius 2 is 1.71 bits per heavy atom. The topological polar surface area (TPSA) is 83.5 Å². The molecule has 1 saturated heterocycles. The minimum absolute atomic E-state index is 0.0955. The fraction of sp³-hybridized carbons (Fsp3) is 0.333. The summed E-state index contributed by atoms with van der Waals surface area (Å²) in [6.45, 7) is 4.24. The summed E-state index contributed by atoms with van der Waals surface area (Å²) >= 11 is 0. The van der Waals surface area contributed by atoms with E-state index in [4.69, 9.17) is 0 Å². The average molecular weight is 401 g/mol. The van der Waals surface area contributed by atoms with Crippen molar-refractivity contribution >= 4 is 27.4 Å². The van der Waals surface area contributed by atoms with E-state index in [1.807, 2.05) is 0 Å². The molecule has 1 amide bonds. The third-order valence-electron chi connectivity index (χ3n) is 4.93. The highest BCUT2D eigenvalue weighted by Crippen LogP contribution is 2.23. The minimum atomic E-state index is -3.62. The summed E-state index contributed by atoms with van der Waals surface area (Å²) in [7, 11) is -3.62. The van der Waals surface area contributed by atoms with E-state index in [0.29, 0.717) is 35.5 Å². The first-order valence-electron chi connectivity index (χ1n) is 9.32. The van der Waals surface area contributed by atoms with Crippen molar-refractivity contribution in [3.8, 4) is 0 Å². The number of carbonyl (C=O) groups is 2. The first kappa shape index (κ1) is 20.2. The second-order valence-corrected chi connectivity index (χ2v) is 8.97. The molecule has 7 heteroatoms. The molecule has 1 heterocycles. The van der Waals surface area contributed by atoms with E-state index in [1.54, 1.807) is 43.3 Å². The van der Waals surface area contributed by atoms with Crippen molar-refractivity contribution in [3.05, 3.63) is 59.2 Å². The van der Waals surface area contributed by atoms with Gasteiger partial charge in [0.25, 0.3) is 5.91 Å². The zero-order valence-corrected chi connectivity index (χ0v) is 16.9. The predicted molar refractivity (Wildman–Crippen MR) is 108 cm³/mol. The number of piperidine rings is 1. The van der Waals surface area contributed by atoms with E-state index in [0.717, 1.165) is 19.3 Å². The molecule has 1 aliphatic heterocycles. The van der Waals surface area contributed by atoms with Crippen molar-refractivity contribution in [3.63, 3.8) is 0 Å². The maximum atomic E-state index is 12.9. The Balaban J connectivity index is 1.88. The quantitative estimate of drug-likeness (QED) is 0.777. The van der Waals surface area contributed by atoms with Gasteiger partial charge in [0.15, 0.2) is 5.78 Å². The van der Waals surface area contributed by atoms with E-state index < -0.39 is 15.9 Å². The molecule has 148 valence electrons. The number of amides is 1. The number of benzene rings is 2. The van der Waals surface area contributed by atoms with Crippen molar-refractivity contribution in [2.24, 2.45) is 0 Å². The minimum Gasteiger partial charge on any atom is -0.322 e. The van der Waals surface area contributed by atoms with Crippen LogP contribution in [0.25, 0.3) is 0 Å². The monoisotopic (exact) mass is 400 g/mol. The first-order chi connectivity index (χ1) is 13.3. The summed E-state index contributed by atoms with van der Waals surface area (Å²) in [6.07, 6.45) is 2.74. The molecule has 2 aromatic carbocycles. The molecule has 0 saturated carbocycles. The number of aryl methyl sites for hydroxylation is 1. The highest BCUT2D eigenvalue weighted by atomic mass is 32.2. The van der Waals surface area contributed by atoms with Crippen molar-refractivity contribution in [1.82, 2.24) is 4.31 Å². The maximum Gasteiger partial charge on any atom is 0.255 e. The number of hydrogen-bond acceptors (Lipinski definition) is 4. The fourth-order valence-electron chi connectivity index (χ4n) is 3.27. The van der Waals surface area contributed by atoms with Crippen LogP contribution in [0.5, 0.6) is 0 Å². The Bertz CT molecular complexity index is 1010. The predicted octanol–water partition coefficient (Wildman–Crippen LogP) is 3.62. The lowest BCUT2D eigenvalue weighted by molar-refractivity contribution is 0.101. The molecule has 0 bridgehead atoms. The molecular weight excluding hydrogens is 376 g/mol. The lowest BCUT2D eigenvalue weighted by Crippen LogP contribution is -2.35. The van der Waals surface area contributed by atoms with Crippen molar-refractivity contribution in [1.29, 1.82) is 0 Å². The molecular formula is C21H24N2O4S. The molecule has 0 radical (unpaired) electrons. The number of carbonyl (C=O) groups excluding carboxylic acids is 2. The SMILES string of the molecule is CC(=O)c1cccc(NC(=O)c2cc(S(=O)(=O)N3CCCCC3)ccc2C)c1. The lowest BCUT2D eigenvalue weighted by atomic mass is 10.1. The molecule has 0 aliphatic carbocycles. The number of hydrogen-bond donors (Lipinski definition) is 1. The number of sulfonamides is 1. The van der Waals surface area contributed by atoms with Gasteiger partial charge in [-0.1, -0.05) is 24.6 Å². The van der Waals surface area contributed by atoms with Crippen LogP contribution in [0.2, 0.25) is 0 Å².